The van der Waals surface area contributed by atoms with E-state index >= 15 is 0 Å². The monoisotopic (exact) mass is 428 g/mol. The number of alkyl halides is 6. The Hall–Kier alpha value is -3.13. The van der Waals surface area contributed by atoms with Gasteiger partial charge in [0.25, 0.3) is 0 Å². The number of benzene rings is 1. The summed E-state index contributed by atoms with van der Waals surface area (Å²) in [5.41, 5.74) is -1.99. The van der Waals surface area contributed by atoms with Crippen molar-refractivity contribution in [3.8, 4) is 6.07 Å². The lowest BCUT2D eigenvalue weighted by Crippen LogP contribution is -2.46. The Kier molecular flexibility index (Phi) is 5.72. The lowest BCUT2D eigenvalue weighted by atomic mass is 9.88. The summed E-state index contributed by atoms with van der Waals surface area (Å²) in [5, 5.41) is 13.5. The highest BCUT2D eigenvalue weighted by molar-refractivity contribution is 5.95. The zero-order valence-electron chi connectivity index (χ0n) is 15.1. The summed E-state index contributed by atoms with van der Waals surface area (Å²) in [6.07, 6.45) is -7.33. The first kappa shape index (κ1) is 21.6. The molecule has 1 saturated heterocycles. The molecule has 1 fully saturated rings. The highest BCUT2D eigenvalue weighted by Gasteiger charge is 2.52. The minimum absolute atomic E-state index is 0.257. The molecule has 0 bridgehead atoms. The number of amides is 1. The van der Waals surface area contributed by atoms with E-state index < -0.39 is 47.4 Å². The maximum atomic E-state index is 13.6. The van der Waals surface area contributed by atoms with E-state index in [2.05, 4.69) is 15.6 Å². The van der Waals surface area contributed by atoms with Gasteiger partial charge in [0, 0.05) is 12.1 Å². The maximum Gasteiger partial charge on any atom is 0.417 e. The standard InChI is InChI=1S/C19H14F6N4O/c20-18(21,22)14-6-10(3-4-11(14)8-26)13-7-15(29-16(13)19(23,24)25)17(30)28-12-2-1-5-27-9-12/h1-6,9,13,15-16,29H,7H2,(H,28,30). The number of anilines is 1. The second-order valence-corrected chi connectivity index (χ2v) is 6.73. The van der Waals surface area contributed by atoms with Gasteiger partial charge in [-0.3, -0.25) is 15.1 Å². The van der Waals surface area contributed by atoms with Gasteiger partial charge in [-0.25, -0.2) is 0 Å². The summed E-state index contributed by atoms with van der Waals surface area (Å²) in [5.74, 6) is -2.20. The smallest absolute Gasteiger partial charge is 0.323 e. The Morgan fingerprint density at radius 2 is 1.93 bits per heavy atom. The van der Waals surface area contributed by atoms with Crippen LogP contribution in [0.1, 0.15) is 29.0 Å². The summed E-state index contributed by atoms with van der Waals surface area (Å²) in [6, 6.07) is 3.34. The number of nitriles is 1. The zero-order valence-corrected chi connectivity index (χ0v) is 15.1. The lowest BCUT2D eigenvalue weighted by Gasteiger charge is -2.23. The first-order chi connectivity index (χ1) is 14.0. The molecule has 1 aromatic heterocycles. The molecule has 11 heteroatoms. The number of hydrogen-bond donors (Lipinski definition) is 2. The van der Waals surface area contributed by atoms with Gasteiger partial charge in [0.15, 0.2) is 0 Å². The Morgan fingerprint density at radius 3 is 2.50 bits per heavy atom. The summed E-state index contributed by atoms with van der Waals surface area (Å²) >= 11 is 0. The van der Waals surface area contributed by atoms with E-state index in [-0.39, 0.29) is 17.7 Å². The molecule has 3 atom stereocenters. The quantitative estimate of drug-likeness (QED) is 0.725. The molecular formula is C19H14F6N4O. The Bertz CT molecular complexity index is 968. The zero-order chi connectivity index (χ0) is 22.1. The van der Waals surface area contributed by atoms with Gasteiger partial charge in [0.2, 0.25) is 5.91 Å². The van der Waals surface area contributed by atoms with Gasteiger partial charge >= 0.3 is 12.4 Å². The molecule has 0 aliphatic carbocycles. The average Bonchev–Trinajstić information content (AvgIpc) is 3.14. The van der Waals surface area contributed by atoms with E-state index in [1.54, 1.807) is 0 Å². The van der Waals surface area contributed by atoms with E-state index in [1.165, 1.54) is 30.6 Å². The molecular weight excluding hydrogens is 414 g/mol. The van der Waals surface area contributed by atoms with Crippen molar-refractivity contribution in [2.45, 2.75) is 36.8 Å². The number of aromatic nitrogens is 1. The number of nitrogens with one attached hydrogen (secondary N) is 2. The fourth-order valence-corrected chi connectivity index (χ4v) is 3.42. The third-order valence-electron chi connectivity index (χ3n) is 4.77. The fourth-order valence-electron chi connectivity index (χ4n) is 3.42. The van der Waals surface area contributed by atoms with Crippen LogP contribution in [-0.4, -0.2) is 29.2 Å². The minimum atomic E-state index is -4.90. The van der Waals surface area contributed by atoms with Crippen molar-refractivity contribution in [1.82, 2.24) is 10.3 Å². The molecule has 158 valence electrons. The van der Waals surface area contributed by atoms with Crippen LogP contribution in [0.3, 0.4) is 0 Å². The van der Waals surface area contributed by atoms with E-state index in [9.17, 15) is 31.1 Å². The van der Waals surface area contributed by atoms with Crippen LogP contribution in [-0.2, 0) is 11.0 Å². The van der Waals surface area contributed by atoms with Crippen LogP contribution in [0.15, 0.2) is 42.7 Å². The molecule has 1 aromatic carbocycles. The highest BCUT2D eigenvalue weighted by Crippen LogP contribution is 2.42. The van der Waals surface area contributed by atoms with Crippen molar-refractivity contribution in [2.75, 3.05) is 5.32 Å². The number of rotatable bonds is 3. The second kappa shape index (κ2) is 7.95. The van der Waals surface area contributed by atoms with E-state index in [1.807, 2.05) is 0 Å². The molecule has 2 N–H and O–H groups in total. The van der Waals surface area contributed by atoms with Crippen LogP contribution in [0.5, 0.6) is 0 Å². The predicted octanol–water partition coefficient (Wildman–Crippen LogP) is 3.99. The molecule has 0 radical (unpaired) electrons. The Morgan fingerprint density at radius 1 is 1.20 bits per heavy atom. The Balaban J connectivity index is 1.91. The Labute approximate surface area is 166 Å². The summed E-state index contributed by atoms with van der Waals surface area (Å²) in [6.45, 7) is 0. The molecule has 3 rings (SSSR count). The van der Waals surface area contributed by atoms with Gasteiger partial charge < -0.3 is 5.32 Å². The SMILES string of the molecule is N#Cc1ccc(C2CC(C(=O)Nc3cccnc3)NC2C(F)(F)F)cc1C(F)(F)F. The molecule has 1 aliphatic rings. The maximum absolute atomic E-state index is 13.6. The van der Waals surface area contributed by atoms with Gasteiger partial charge in [0.1, 0.15) is 6.04 Å². The van der Waals surface area contributed by atoms with Crippen LogP contribution < -0.4 is 10.6 Å². The van der Waals surface area contributed by atoms with Crippen molar-refractivity contribution in [2.24, 2.45) is 0 Å². The predicted molar refractivity (Wildman–Crippen MR) is 93.2 cm³/mol. The van der Waals surface area contributed by atoms with Crippen molar-refractivity contribution in [1.29, 1.82) is 5.26 Å². The van der Waals surface area contributed by atoms with Gasteiger partial charge in [-0.15, -0.1) is 0 Å². The van der Waals surface area contributed by atoms with Gasteiger partial charge in [-0.2, -0.15) is 31.6 Å². The molecule has 0 spiro atoms. The molecule has 2 heterocycles. The van der Waals surface area contributed by atoms with Crippen LogP contribution >= 0.6 is 0 Å². The topological polar surface area (TPSA) is 77.8 Å². The van der Waals surface area contributed by atoms with Crippen molar-refractivity contribution in [3.05, 3.63) is 59.4 Å². The summed E-state index contributed by atoms with van der Waals surface area (Å²) < 4.78 is 80.3. The second-order valence-electron chi connectivity index (χ2n) is 6.73. The fraction of sp³-hybridized carbons (Fsp3) is 0.316. The summed E-state index contributed by atoms with van der Waals surface area (Å²) in [7, 11) is 0. The molecule has 5 nitrogen and oxygen atoms in total. The van der Waals surface area contributed by atoms with E-state index in [0.717, 1.165) is 12.1 Å². The van der Waals surface area contributed by atoms with Crippen LogP contribution in [0, 0.1) is 11.3 Å². The summed E-state index contributed by atoms with van der Waals surface area (Å²) in [4.78, 5) is 16.2. The molecule has 1 aliphatic heterocycles. The normalized spacial score (nSPS) is 21.8. The molecule has 30 heavy (non-hydrogen) atoms. The number of pyridine rings is 1. The minimum Gasteiger partial charge on any atom is -0.323 e. The average molecular weight is 428 g/mol. The number of carbonyl (C=O) groups excluding carboxylic acids is 1. The number of halogens is 6. The largest absolute Gasteiger partial charge is 0.417 e. The van der Waals surface area contributed by atoms with Crippen LogP contribution in [0.25, 0.3) is 0 Å². The third-order valence-corrected chi connectivity index (χ3v) is 4.77. The highest BCUT2D eigenvalue weighted by atomic mass is 19.4. The van der Waals surface area contributed by atoms with Crippen LogP contribution in [0.2, 0.25) is 0 Å². The lowest BCUT2D eigenvalue weighted by molar-refractivity contribution is -0.156. The van der Waals surface area contributed by atoms with Crippen molar-refractivity contribution in [3.63, 3.8) is 0 Å². The number of carbonyl (C=O) groups is 1. The molecule has 0 saturated carbocycles. The third kappa shape index (κ3) is 4.54. The first-order valence-electron chi connectivity index (χ1n) is 8.65. The number of hydrogen-bond acceptors (Lipinski definition) is 4. The number of nitrogens with zero attached hydrogens (tertiary/aromatic N) is 2. The van der Waals surface area contributed by atoms with Gasteiger partial charge in [0.05, 0.1) is 35.1 Å². The van der Waals surface area contributed by atoms with Gasteiger partial charge in [-0.1, -0.05) is 6.07 Å². The van der Waals surface area contributed by atoms with E-state index in [0.29, 0.717) is 6.07 Å². The van der Waals surface area contributed by atoms with Crippen molar-refractivity contribution < 1.29 is 31.1 Å². The van der Waals surface area contributed by atoms with Gasteiger partial charge in [-0.05, 0) is 36.2 Å². The van der Waals surface area contributed by atoms with E-state index in [4.69, 9.17) is 5.26 Å². The molecule has 1 amide bonds. The molecule has 3 unspecified atom stereocenters. The first-order valence-corrected chi connectivity index (χ1v) is 8.65. The van der Waals surface area contributed by atoms with Crippen LogP contribution in [0.4, 0.5) is 32.0 Å². The molecule has 2 aromatic rings. The van der Waals surface area contributed by atoms with Crippen molar-refractivity contribution >= 4 is 11.6 Å².